The number of aromatic nitrogens is 2. The molecule has 180 valence electrons. The zero-order chi connectivity index (χ0) is 24.3. The number of hydrogen-bond acceptors (Lipinski definition) is 4. The monoisotopic (exact) mass is 520 g/mol. The number of benzene rings is 2. The number of nitrogens with one attached hydrogen (secondary N) is 1. The molecule has 0 unspecified atom stereocenters. The number of imidazole rings is 1. The number of hydrogen-bond donors (Lipinski definition) is 1. The van der Waals surface area contributed by atoms with Crippen LogP contribution in [0.5, 0.6) is 0 Å². The predicted octanol–water partition coefficient (Wildman–Crippen LogP) is 4.35. The van der Waals surface area contributed by atoms with Crippen molar-refractivity contribution in [3.05, 3.63) is 81.9 Å². The number of nitrogens with zero attached hydrogens (tertiary/aromatic N) is 3. The number of amides is 1. The lowest BCUT2D eigenvalue weighted by Crippen LogP contribution is -2.45. The molecular formula is C24H26Cl2N4O3S. The van der Waals surface area contributed by atoms with Gasteiger partial charge < -0.3 is 9.88 Å². The fourth-order valence-corrected chi connectivity index (χ4v) is 6.57. The topological polar surface area (TPSA) is 84.3 Å². The van der Waals surface area contributed by atoms with Crippen LogP contribution >= 0.6 is 23.2 Å². The Balaban J connectivity index is 1.42. The van der Waals surface area contributed by atoms with Crippen LogP contribution in [0.3, 0.4) is 0 Å². The lowest BCUT2D eigenvalue weighted by molar-refractivity contribution is -0.126. The molecule has 1 N–H and O–H groups in total. The molecule has 1 atom stereocenters. The molecule has 34 heavy (non-hydrogen) atoms. The summed E-state index contributed by atoms with van der Waals surface area (Å²) in [5.41, 5.74) is 2.27. The van der Waals surface area contributed by atoms with E-state index in [0.717, 1.165) is 17.1 Å². The molecule has 1 aromatic heterocycles. The number of halogens is 2. The molecular weight excluding hydrogens is 495 g/mol. The highest BCUT2D eigenvalue weighted by atomic mass is 35.5. The van der Waals surface area contributed by atoms with E-state index in [1.807, 2.05) is 42.0 Å². The largest absolute Gasteiger partial charge is 0.352 e. The molecule has 4 rings (SSSR count). The summed E-state index contributed by atoms with van der Waals surface area (Å²) in [4.78, 5) is 17.3. The molecule has 1 aliphatic rings. The Morgan fingerprint density at radius 3 is 2.59 bits per heavy atom. The molecule has 1 amide bonds. The molecule has 2 heterocycles. The van der Waals surface area contributed by atoms with Crippen molar-refractivity contribution in [1.82, 2.24) is 19.2 Å². The summed E-state index contributed by atoms with van der Waals surface area (Å²) in [5, 5.41) is 3.62. The van der Waals surface area contributed by atoms with Crippen molar-refractivity contribution in [2.24, 2.45) is 5.92 Å². The molecule has 7 nitrogen and oxygen atoms in total. The minimum atomic E-state index is -3.68. The zero-order valence-corrected chi connectivity index (χ0v) is 21.1. The SMILES string of the molecule is Cc1nccn1-c1ccccc1CNC(=O)[C@@H]1CCCN(S(=O)(=O)Cc2c(Cl)cccc2Cl)C1. The Morgan fingerprint density at radius 1 is 1.15 bits per heavy atom. The van der Waals surface area contributed by atoms with Crippen LogP contribution in [0.2, 0.25) is 10.0 Å². The highest BCUT2D eigenvalue weighted by Crippen LogP contribution is 2.29. The maximum Gasteiger partial charge on any atom is 0.224 e. The van der Waals surface area contributed by atoms with Crippen LogP contribution in [0, 0.1) is 12.8 Å². The van der Waals surface area contributed by atoms with Crippen molar-refractivity contribution in [1.29, 1.82) is 0 Å². The Bertz CT molecular complexity index is 1270. The maximum atomic E-state index is 13.1. The number of aryl methyl sites for hydroxylation is 1. The second-order valence-corrected chi connectivity index (χ2v) is 11.1. The van der Waals surface area contributed by atoms with Gasteiger partial charge in [-0.2, -0.15) is 0 Å². The molecule has 0 aliphatic carbocycles. The van der Waals surface area contributed by atoms with Gasteiger partial charge in [-0.1, -0.05) is 47.5 Å². The second-order valence-electron chi connectivity index (χ2n) is 8.34. The number of piperidine rings is 1. The molecule has 0 bridgehead atoms. The van der Waals surface area contributed by atoms with Gasteiger partial charge in [0.1, 0.15) is 5.82 Å². The summed E-state index contributed by atoms with van der Waals surface area (Å²) in [5.74, 6) is -0.0250. The van der Waals surface area contributed by atoms with Crippen LogP contribution in [0.1, 0.15) is 29.8 Å². The zero-order valence-electron chi connectivity index (χ0n) is 18.7. The third-order valence-corrected chi connectivity index (χ3v) is 8.55. The van der Waals surface area contributed by atoms with Crippen molar-refractivity contribution in [3.8, 4) is 5.69 Å². The Labute approximate surface area is 209 Å². The van der Waals surface area contributed by atoms with E-state index >= 15 is 0 Å². The van der Waals surface area contributed by atoms with Crippen LogP contribution in [0.15, 0.2) is 54.9 Å². The molecule has 1 aliphatic heterocycles. The van der Waals surface area contributed by atoms with E-state index in [1.165, 1.54) is 4.31 Å². The van der Waals surface area contributed by atoms with E-state index in [4.69, 9.17) is 23.2 Å². The summed E-state index contributed by atoms with van der Waals surface area (Å²) in [6, 6.07) is 12.7. The van der Waals surface area contributed by atoms with Gasteiger partial charge in [-0.3, -0.25) is 4.79 Å². The quantitative estimate of drug-likeness (QED) is 0.501. The van der Waals surface area contributed by atoms with Gasteiger partial charge in [0.05, 0.1) is 17.4 Å². The average Bonchev–Trinajstić information content (AvgIpc) is 3.26. The maximum absolute atomic E-state index is 13.1. The molecule has 0 radical (unpaired) electrons. The highest BCUT2D eigenvalue weighted by molar-refractivity contribution is 7.88. The third-order valence-electron chi connectivity index (χ3n) is 6.07. The average molecular weight is 521 g/mol. The minimum Gasteiger partial charge on any atom is -0.352 e. The fraction of sp³-hybridized carbons (Fsp3) is 0.333. The van der Waals surface area contributed by atoms with Crippen LogP contribution in [0.4, 0.5) is 0 Å². The number of rotatable bonds is 7. The smallest absolute Gasteiger partial charge is 0.224 e. The van der Waals surface area contributed by atoms with Crippen LogP contribution in [-0.4, -0.2) is 41.3 Å². The molecule has 0 saturated carbocycles. The van der Waals surface area contributed by atoms with E-state index in [-0.39, 0.29) is 18.2 Å². The van der Waals surface area contributed by atoms with E-state index in [2.05, 4.69) is 10.3 Å². The van der Waals surface area contributed by atoms with Crippen molar-refractivity contribution < 1.29 is 13.2 Å². The number of carbonyl (C=O) groups excluding carboxylic acids is 1. The van der Waals surface area contributed by atoms with Crippen molar-refractivity contribution in [2.75, 3.05) is 13.1 Å². The van der Waals surface area contributed by atoms with Crippen molar-refractivity contribution in [2.45, 2.75) is 32.1 Å². The molecule has 1 saturated heterocycles. The molecule has 0 spiro atoms. The first kappa shape index (κ1) is 24.7. The highest BCUT2D eigenvalue weighted by Gasteiger charge is 2.33. The van der Waals surface area contributed by atoms with Crippen LogP contribution in [-0.2, 0) is 27.1 Å². The first-order valence-electron chi connectivity index (χ1n) is 11.0. The van der Waals surface area contributed by atoms with Gasteiger partial charge in [0.2, 0.25) is 15.9 Å². The molecule has 1 fully saturated rings. The lowest BCUT2D eigenvalue weighted by Gasteiger charge is -2.31. The number of carbonyl (C=O) groups is 1. The summed E-state index contributed by atoms with van der Waals surface area (Å²) in [7, 11) is -3.68. The van der Waals surface area contributed by atoms with Crippen molar-refractivity contribution in [3.63, 3.8) is 0 Å². The Morgan fingerprint density at radius 2 is 1.88 bits per heavy atom. The van der Waals surface area contributed by atoms with Crippen molar-refractivity contribution >= 4 is 39.1 Å². The normalized spacial score (nSPS) is 17.0. The first-order valence-corrected chi connectivity index (χ1v) is 13.4. The first-order chi connectivity index (χ1) is 16.3. The number of para-hydroxylation sites is 1. The summed E-state index contributed by atoms with van der Waals surface area (Å²) < 4.78 is 29.5. The summed E-state index contributed by atoms with van der Waals surface area (Å²) >= 11 is 12.4. The van der Waals surface area contributed by atoms with Gasteiger partial charge in [0, 0.05) is 47.6 Å². The Kier molecular flexibility index (Phi) is 7.62. The second kappa shape index (κ2) is 10.5. The molecule has 10 heteroatoms. The van der Waals surface area contributed by atoms with Gasteiger partial charge >= 0.3 is 0 Å². The van der Waals surface area contributed by atoms with Crippen LogP contribution in [0.25, 0.3) is 5.69 Å². The van der Waals surface area contributed by atoms with E-state index < -0.39 is 15.9 Å². The van der Waals surface area contributed by atoms with E-state index in [1.54, 1.807) is 24.4 Å². The van der Waals surface area contributed by atoms with E-state index in [9.17, 15) is 13.2 Å². The van der Waals surface area contributed by atoms with Gasteiger partial charge in [0.25, 0.3) is 0 Å². The molecule has 2 aromatic carbocycles. The third kappa shape index (κ3) is 5.46. The molecule has 3 aromatic rings. The Hall–Kier alpha value is -2.39. The number of sulfonamides is 1. The van der Waals surface area contributed by atoms with Crippen LogP contribution < -0.4 is 5.32 Å². The van der Waals surface area contributed by atoms with Gasteiger partial charge in [-0.25, -0.2) is 17.7 Å². The fourth-order valence-electron chi connectivity index (χ4n) is 4.21. The summed E-state index contributed by atoms with van der Waals surface area (Å²) in [6.45, 7) is 2.77. The van der Waals surface area contributed by atoms with Gasteiger partial charge in [0.15, 0.2) is 0 Å². The minimum absolute atomic E-state index is 0.137. The van der Waals surface area contributed by atoms with Gasteiger partial charge in [-0.05, 0) is 43.5 Å². The predicted molar refractivity (Wildman–Crippen MR) is 134 cm³/mol. The summed E-state index contributed by atoms with van der Waals surface area (Å²) in [6.07, 6.45) is 4.86. The lowest BCUT2D eigenvalue weighted by atomic mass is 9.98. The van der Waals surface area contributed by atoms with E-state index in [0.29, 0.717) is 41.5 Å². The van der Waals surface area contributed by atoms with Gasteiger partial charge in [-0.15, -0.1) is 0 Å². The standard InChI is InChI=1S/C24H26Cl2N4O3S/c1-17-27-11-13-30(17)23-10-3-2-6-18(23)14-28-24(31)19-7-5-12-29(15-19)34(32,33)16-20-21(25)8-4-9-22(20)26/h2-4,6,8-11,13,19H,5,7,12,14-16H2,1H3,(H,28,31)/t19-/m1/s1.